The molecular formula is C22H32O9. The van der Waals surface area contributed by atoms with E-state index < -0.39 is 29.7 Å². The third-order valence-corrected chi connectivity index (χ3v) is 5.78. The molecular weight excluding hydrogens is 408 g/mol. The molecule has 0 aliphatic heterocycles. The summed E-state index contributed by atoms with van der Waals surface area (Å²) in [5.41, 5.74) is 0. The molecule has 9 nitrogen and oxygen atoms in total. The molecule has 0 spiro atoms. The van der Waals surface area contributed by atoms with E-state index in [-0.39, 0.29) is 57.1 Å². The van der Waals surface area contributed by atoms with E-state index in [0.717, 1.165) is 25.7 Å². The SMILES string of the molecule is COCCOC(=O)CCC(=O)OCCOC(=O)[C@@H]1[C@@H]2CC/C=C/CC[C@H]2[C@@H]1C(=O)OC. The number of allylic oxidation sites excluding steroid dienone is 2. The fourth-order valence-electron chi connectivity index (χ4n) is 4.28. The molecule has 1 saturated carbocycles. The highest BCUT2D eigenvalue weighted by Crippen LogP contribution is 2.52. The second-order valence-electron chi connectivity index (χ2n) is 7.63. The van der Waals surface area contributed by atoms with Gasteiger partial charge in [-0.25, -0.2) is 0 Å². The predicted molar refractivity (Wildman–Crippen MR) is 108 cm³/mol. The number of rotatable bonds is 11. The number of carbonyl (C=O) groups excluding carboxylic acids is 4. The van der Waals surface area contributed by atoms with E-state index in [9.17, 15) is 19.2 Å². The maximum Gasteiger partial charge on any atom is 0.310 e. The zero-order valence-electron chi connectivity index (χ0n) is 18.2. The van der Waals surface area contributed by atoms with Crippen molar-refractivity contribution in [3.63, 3.8) is 0 Å². The zero-order chi connectivity index (χ0) is 22.6. The summed E-state index contributed by atoms with van der Waals surface area (Å²) in [5.74, 6) is -2.73. The Hall–Kier alpha value is -2.42. The van der Waals surface area contributed by atoms with E-state index in [1.807, 2.05) is 0 Å². The fourth-order valence-corrected chi connectivity index (χ4v) is 4.28. The van der Waals surface area contributed by atoms with Crippen molar-refractivity contribution in [3.8, 4) is 0 Å². The van der Waals surface area contributed by atoms with Crippen LogP contribution in [0.2, 0.25) is 0 Å². The Morgan fingerprint density at radius 2 is 1.19 bits per heavy atom. The molecule has 0 radical (unpaired) electrons. The van der Waals surface area contributed by atoms with Crippen molar-refractivity contribution >= 4 is 23.9 Å². The normalized spacial score (nSPS) is 25.6. The van der Waals surface area contributed by atoms with Gasteiger partial charge >= 0.3 is 23.9 Å². The molecule has 0 heterocycles. The Bertz CT molecular complexity index is 657. The highest BCUT2D eigenvalue weighted by atomic mass is 16.6. The molecule has 2 aliphatic rings. The Morgan fingerprint density at radius 3 is 1.71 bits per heavy atom. The van der Waals surface area contributed by atoms with Gasteiger partial charge in [0.25, 0.3) is 0 Å². The second-order valence-corrected chi connectivity index (χ2v) is 7.63. The zero-order valence-corrected chi connectivity index (χ0v) is 18.2. The first kappa shape index (κ1) is 24.8. The van der Waals surface area contributed by atoms with Crippen LogP contribution in [0.5, 0.6) is 0 Å². The van der Waals surface area contributed by atoms with Crippen LogP contribution >= 0.6 is 0 Å². The number of ether oxygens (including phenoxy) is 5. The maximum atomic E-state index is 12.6. The van der Waals surface area contributed by atoms with Gasteiger partial charge < -0.3 is 23.7 Å². The molecule has 174 valence electrons. The van der Waals surface area contributed by atoms with Crippen LogP contribution in [-0.2, 0) is 42.9 Å². The van der Waals surface area contributed by atoms with Crippen molar-refractivity contribution < 1.29 is 42.9 Å². The van der Waals surface area contributed by atoms with E-state index in [4.69, 9.17) is 23.7 Å². The third-order valence-electron chi connectivity index (χ3n) is 5.78. The topological polar surface area (TPSA) is 114 Å². The van der Waals surface area contributed by atoms with E-state index in [1.54, 1.807) is 0 Å². The van der Waals surface area contributed by atoms with Crippen molar-refractivity contribution in [2.75, 3.05) is 40.6 Å². The van der Waals surface area contributed by atoms with E-state index >= 15 is 0 Å². The minimum absolute atomic E-state index is 0.0909. The van der Waals surface area contributed by atoms with Gasteiger partial charge in [-0.2, -0.15) is 0 Å². The van der Waals surface area contributed by atoms with Crippen molar-refractivity contribution in [1.29, 1.82) is 0 Å². The van der Waals surface area contributed by atoms with Gasteiger partial charge in [0.2, 0.25) is 0 Å². The monoisotopic (exact) mass is 440 g/mol. The summed E-state index contributed by atoms with van der Waals surface area (Å²) in [4.78, 5) is 48.0. The van der Waals surface area contributed by atoms with Crippen LogP contribution in [0.1, 0.15) is 38.5 Å². The number of hydrogen-bond acceptors (Lipinski definition) is 9. The molecule has 9 heteroatoms. The van der Waals surface area contributed by atoms with Crippen molar-refractivity contribution in [3.05, 3.63) is 12.2 Å². The lowest BCUT2D eigenvalue weighted by molar-refractivity contribution is -0.183. The Kier molecular flexibility index (Phi) is 10.5. The Balaban J connectivity index is 1.72. The number of methoxy groups -OCH3 is 2. The number of carbonyl (C=O) groups is 4. The van der Waals surface area contributed by atoms with Crippen LogP contribution in [0.3, 0.4) is 0 Å². The maximum absolute atomic E-state index is 12.6. The minimum Gasteiger partial charge on any atom is -0.469 e. The molecule has 0 N–H and O–H groups in total. The number of hydrogen-bond donors (Lipinski definition) is 0. The van der Waals surface area contributed by atoms with Crippen LogP contribution in [-0.4, -0.2) is 64.5 Å². The highest BCUT2D eigenvalue weighted by Gasteiger charge is 2.57. The van der Waals surface area contributed by atoms with Gasteiger partial charge in [0.1, 0.15) is 19.8 Å². The smallest absolute Gasteiger partial charge is 0.310 e. The molecule has 0 unspecified atom stereocenters. The van der Waals surface area contributed by atoms with E-state index in [2.05, 4.69) is 12.2 Å². The van der Waals surface area contributed by atoms with Gasteiger partial charge in [-0.15, -0.1) is 0 Å². The summed E-state index contributed by atoms with van der Waals surface area (Å²) < 4.78 is 24.8. The van der Waals surface area contributed by atoms with Crippen LogP contribution < -0.4 is 0 Å². The lowest BCUT2D eigenvalue weighted by atomic mass is 9.53. The second kappa shape index (κ2) is 13.1. The lowest BCUT2D eigenvalue weighted by Crippen LogP contribution is -2.55. The first-order valence-corrected chi connectivity index (χ1v) is 10.7. The van der Waals surface area contributed by atoms with Crippen molar-refractivity contribution in [2.45, 2.75) is 38.5 Å². The fraction of sp³-hybridized carbons (Fsp3) is 0.727. The van der Waals surface area contributed by atoms with Crippen LogP contribution in [0.25, 0.3) is 0 Å². The van der Waals surface area contributed by atoms with Gasteiger partial charge in [0.15, 0.2) is 0 Å². The molecule has 0 amide bonds. The average Bonchev–Trinajstić information content (AvgIpc) is 2.74. The van der Waals surface area contributed by atoms with Gasteiger partial charge in [0.05, 0.1) is 38.4 Å². The van der Waals surface area contributed by atoms with E-state index in [0.29, 0.717) is 0 Å². The third kappa shape index (κ3) is 7.34. The van der Waals surface area contributed by atoms with Gasteiger partial charge in [-0.05, 0) is 37.5 Å². The van der Waals surface area contributed by atoms with Crippen LogP contribution in [0.15, 0.2) is 12.2 Å². The number of esters is 4. The van der Waals surface area contributed by atoms with Crippen LogP contribution in [0, 0.1) is 23.7 Å². The molecule has 0 aromatic heterocycles. The Morgan fingerprint density at radius 1 is 0.710 bits per heavy atom. The lowest BCUT2D eigenvalue weighted by Gasteiger charge is -2.49. The molecule has 0 aromatic rings. The highest BCUT2D eigenvalue weighted by molar-refractivity contribution is 5.85. The summed E-state index contributed by atoms with van der Waals surface area (Å²) in [7, 11) is 2.82. The van der Waals surface area contributed by atoms with Gasteiger partial charge in [0, 0.05) is 7.11 Å². The standard InChI is InChI=1S/C22H32O9/c1-27-11-12-29-17(23)9-10-18(24)30-13-14-31-22(26)20-16-8-6-4-3-5-7-15(16)19(20)21(25)28-2/h3-4,15-16,19-20H,5-14H2,1-2H3/b4-3+/t15-,16-,19+,20-/m1/s1. The summed E-state index contributed by atoms with van der Waals surface area (Å²) in [6.45, 7) is 0.199. The summed E-state index contributed by atoms with van der Waals surface area (Å²) in [5, 5.41) is 0. The molecule has 1 fully saturated rings. The molecule has 2 rings (SSSR count). The van der Waals surface area contributed by atoms with E-state index in [1.165, 1.54) is 14.2 Å². The molecule has 2 aliphatic carbocycles. The van der Waals surface area contributed by atoms with Crippen molar-refractivity contribution in [1.82, 2.24) is 0 Å². The molecule has 0 bridgehead atoms. The largest absolute Gasteiger partial charge is 0.469 e. The van der Waals surface area contributed by atoms with Crippen LogP contribution in [0.4, 0.5) is 0 Å². The molecule has 4 atom stereocenters. The summed E-state index contributed by atoms with van der Waals surface area (Å²) in [6.07, 6.45) is 7.42. The quantitative estimate of drug-likeness (QED) is 0.205. The number of fused-ring (bicyclic) bond motifs is 1. The molecule has 0 aromatic carbocycles. The van der Waals surface area contributed by atoms with Gasteiger partial charge in [-0.1, -0.05) is 12.2 Å². The van der Waals surface area contributed by atoms with Gasteiger partial charge in [-0.3, -0.25) is 19.2 Å². The van der Waals surface area contributed by atoms with Crippen molar-refractivity contribution in [2.24, 2.45) is 23.7 Å². The Labute approximate surface area is 182 Å². The minimum atomic E-state index is -0.581. The molecule has 31 heavy (non-hydrogen) atoms. The predicted octanol–water partition coefficient (Wildman–Crippen LogP) is 1.82. The summed E-state index contributed by atoms with van der Waals surface area (Å²) >= 11 is 0. The molecule has 0 saturated heterocycles. The first-order valence-electron chi connectivity index (χ1n) is 10.7. The summed E-state index contributed by atoms with van der Waals surface area (Å²) in [6, 6.07) is 0. The first-order chi connectivity index (χ1) is 15.0. The average molecular weight is 440 g/mol.